The van der Waals surface area contributed by atoms with Crippen molar-refractivity contribution in [3.8, 4) is 11.5 Å². The van der Waals surface area contributed by atoms with Gasteiger partial charge in [-0.15, -0.1) is 0 Å². The molecule has 0 saturated heterocycles. The van der Waals surface area contributed by atoms with Gasteiger partial charge in [0, 0.05) is 23.7 Å². The molecular weight excluding hydrogens is 283 g/mol. The molecule has 0 spiro atoms. The molecule has 1 heterocycles. The Labute approximate surface area is 122 Å². The number of nitrogens with one attached hydrogen (secondary N) is 1. The van der Waals surface area contributed by atoms with Crippen LogP contribution in [-0.2, 0) is 0 Å². The summed E-state index contributed by atoms with van der Waals surface area (Å²) < 4.78 is 5.69. The van der Waals surface area contributed by atoms with Crippen LogP contribution in [0.3, 0.4) is 0 Å². The topological polar surface area (TPSA) is 34.2 Å². The zero-order valence-corrected chi connectivity index (χ0v) is 12.0. The summed E-state index contributed by atoms with van der Waals surface area (Å²) in [4.78, 5) is 4.12. The summed E-state index contributed by atoms with van der Waals surface area (Å²) in [5, 5.41) is 4.33. The van der Waals surface area contributed by atoms with Crippen LogP contribution in [0.2, 0.25) is 10.0 Å². The van der Waals surface area contributed by atoms with Crippen molar-refractivity contribution in [1.82, 2.24) is 4.98 Å². The summed E-state index contributed by atoms with van der Waals surface area (Å²) in [6.45, 7) is 3.00. The number of halogens is 2. The van der Waals surface area contributed by atoms with Crippen molar-refractivity contribution < 1.29 is 4.74 Å². The number of hydrogen-bond acceptors (Lipinski definition) is 3. The van der Waals surface area contributed by atoms with Crippen LogP contribution in [0, 0.1) is 0 Å². The lowest BCUT2D eigenvalue weighted by atomic mass is 10.3. The maximum absolute atomic E-state index is 6.05. The molecule has 0 fully saturated rings. The van der Waals surface area contributed by atoms with Crippen molar-refractivity contribution in [2.75, 3.05) is 11.9 Å². The lowest BCUT2D eigenvalue weighted by Gasteiger charge is -2.09. The van der Waals surface area contributed by atoms with Gasteiger partial charge in [-0.3, -0.25) is 4.98 Å². The highest BCUT2D eigenvalue weighted by molar-refractivity contribution is 6.34. The van der Waals surface area contributed by atoms with Crippen molar-refractivity contribution in [2.45, 2.75) is 13.3 Å². The molecule has 1 aromatic heterocycles. The van der Waals surface area contributed by atoms with Crippen LogP contribution in [0.25, 0.3) is 0 Å². The van der Waals surface area contributed by atoms with Gasteiger partial charge >= 0.3 is 0 Å². The molecule has 0 bridgehead atoms. The van der Waals surface area contributed by atoms with E-state index in [1.54, 1.807) is 30.6 Å². The standard InChI is InChI=1S/C14H14Cl2N2O/c1-2-5-18-11-7-12(9-17-8-11)19-14-6-10(15)3-4-13(14)16/h3-4,6-9,18H,2,5H2,1H3. The molecule has 5 heteroatoms. The van der Waals surface area contributed by atoms with Crippen LogP contribution >= 0.6 is 23.2 Å². The maximum Gasteiger partial charge on any atom is 0.147 e. The third-order valence-corrected chi connectivity index (χ3v) is 2.96. The Morgan fingerprint density at radius 1 is 1.21 bits per heavy atom. The molecule has 0 radical (unpaired) electrons. The van der Waals surface area contributed by atoms with Gasteiger partial charge in [-0.25, -0.2) is 0 Å². The van der Waals surface area contributed by atoms with E-state index in [0.29, 0.717) is 21.5 Å². The molecule has 3 nitrogen and oxygen atoms in total. The summed E-state index contributed by atoms with van der Waals surface area (Å²) in [6.07, 6.45) is 4.43. The molecule has 0 aliphatic carbocycles. The molecule has 0 aliphatic rings. The second-order valence-electron chi connectivity index (χ2n) is 4.01. The third-order valence-electron chi connectivity index (χ3n) is 2.41. The van der Waals surface area contributed by atoms with E-state index in [0.717, 1.165) is 18.7 Å². The first kappa shape index (κ1) is 14.0. The average Bonchev–Trinajstić information content (AvgIpc) is 2.41. The summed E-state index contributed by atoms with van der Waals surface area (Å²) in [6, 6.07) is 6.97. The zero-order valence-electron chi connectivity index (χ0n) is 10.5. The number of pyridine rings is 1. The zero-order chi connectivity index (χ0) is 13.7. The minimum absolute atomic E-state index is 0.510. The van der Waals surface area contributed by atoms with Crippen LogP contribution in [0.4, 0.5) is 5.69 Å². The lowest BCUT2D eigenvalue weighted by Crippen LogP contribution is -2.00. The van der Waals surface area contributed by atoms with E-state index in [9.17, 15) is 0 Å². The smallest absolute Gasteiger partial charge is 0.147 e. The number of ether oxygens (including phenoxy) is 1. The minimum atomic E-state index is 0.510. The molecule has 0 unspecified atom stereocenters. The quantitative estimate of drug-likeness (QED) is 0.843. The third kappa shape index (κ3) is 4.01. The van der Waals surface area contributed by atoms with Gasteiger partial charge in [-0.1, -0.05) is 30.1 Å². The van der Waals surface area contributed by atoms with Gasteiger partial charge in [-0.2, -0.15) is 0 Å². The van der Waals surface area contributed by atoms with Gasteiger partial charge in [0.2, 0.25) is 0 Å². The minimum Gasteiger partial charge on any atom is -0.454 e. The van der Waals surface area contributed by atoms with Crippen molar-refractivity contribution in [1.29, 1.82) is 0 Å². The molecule has 100 valence electrons. The molecule has 2 aromatic rings. The van der Waals surface area contributed by atoms with E-state index < -0.39 is 0 Å². The van der Waals surface area contributed by atoms with Gasteiger partial charge in [-0.05, 0) is 18.6 Å². The van der Waals surface area contributed by atoms with Crippen LogP contribution in [-0.4, -0.2) is 11.5 Å². The van der Waals surface area contributed by atoms with Crippen molar-refractivity contribution in [3.05, 3.63) is 46.7 Å². The molecular formula is C14H14Cl2N2O. The predicted octanol–water partition coefficient (Wildman–Crippen LogP) is 5.00. The van der Waals surface area contributed by atoms with E-state index in [4.69, 9.17) is 27.9 Å². The Kier molecular flexibility index (Phi) is 4.88. The molecule has 0 atom stereocenters. The van der Waals surface area contributed by atoms with Crippen LogP contribution in [0.5, 0.6) is 11.5 Å². The summed E-state index contributed by atoms with van der Waals surface area (Å²) >= 11 is 12.0. The second kappa shape index (κ2) is 6.64. The molecule has 1 N–H and O–H groups in total. The second-order valence-corrected chi connectivity index (χ2v) is 4.86. The van der Waals surface area contributed by atoms with Gasteiger partial charge in [0.25, 0.3) is 0 Å². The van der Waals surface area contributed by atoms with E-state index in [1.807, 2.05) is 6.07 Å². The average molecular weight is 297 g/mol. The van der Waals surface area contributed by atoms with Crippen molar-refractivity contribution >= 4 is 28.9 Å². The number of rotatable bonds is 5. The largest absolute Gasteiger partial charge is 0.454 e. The normalized spacial score (nSPS) is 10.3. The summed E-state index contributed by atoms with van der Waals surface area (Å²) in [7, 11) is 0. The molecule has 0 saturated carbocycles. The molecule has 1 aromatic carbocycles. The highest BCUT2D eigenvalue weighted by atomic mass is 35.5. The first-order valence-electron chi connectivity index (χ1n) is 6.01. The van der Waals surface area contributed by atoms with Gasteiger partial charge in [0.15, 0.2) is 0 Å². The molecule has 0 amide bonds. The Morgan fingerprint density at radius 3 is 2.84 bits per heavy atom. The fraction of sp³-hybridized carbons (Fsp3) is 0.214. The lowest BCUT2D eigenvalue weighted by molar-refractivity contribution is 0.481. The van der Waals surface area contributed by atoms with Crippen LogP contribution in [0.1, 0.15) is 13.3 Å². The number of anilines is 1. The predicted molar refractivity (Wildman–Crippen MR) is 79.6 cm³/mol. The number of aromatic nitrogens is 1. The van der Waals surface area contributed by atoms with Crippen molar-refractivity contribution in [2.24, 2.45) is 0 Å². The van der Waals surface area contributed by atoms with E-state index >= 15 is 0 Å². The molecule has 0 aliphatic heterocycles. The first-order valence-corrected chi connectivity index (χ1v) is 6.76. The Bertz CT molecular complexity index is 561. The van der Waals surface area contributed by atoms with Gasteiger partial charge in [0.1, 0.15) is 11.5 Å². The fourth-order valence-electron chi connectivity index (χ4n) is 1.52. The SMILES string of the molecule is CCCNc1cncc(Oc2cc(Cl)ccc2Cl)c1. The van der Waals surface area contributed by atoms with E-state index in [2.05, 4.69) is 17.2 Å². The van der Waals surface area contributed by atoms with Gasteiger partial charge < -0.3 is 10.1 Å². The number of nitrogens with zero attached hydrogens (tertiary/aromatic N) is 1. The molecule has 19 heavy (non-hydrogen) atoms. The fourth-order valence-corrected chi connectivity index (χ4v) is 1.84. The van der Waals surface area contributed by atoms with E-state index in [1.165, 1.54) is 0 Å². The Hall–Kier alpha value is -1.45. The number of benzene rings is 1. The number of hydrogen-bond donors (Lipinski definition) is 1. The monoisotopic (exact) mass is 296 g/mol. The highest BCUT2D eigenvalue weighted by Crippen LogP contribution is 2.32. The Balaban J connectivity index is 2.16. The Morgan fingerprint density at radius 2 is 2.05 bits per heavy atom. The molecule has 2 rings (SSSR count). The summed E-state index contributed by atoms with van der Waals surface area (Å²) in [5.41, 5.74) is 0.914. The first-order chi connectivity index (χ1) is 9.19. The van der Waals surface area contributed by atoms with Gasteiger partial charge in [0.05, 0.1) is 23.1 Å². The van der Waals surface area contributed by atoms with Crippen LogP contribution in [0.15, 0.2) is 36.7 Å². The van der Waals surface area contributed by atoms with Crippen LogP contribution < -0.4 is 10.1 Å². The van der Waals surface area contributed by atoms with E-state index in [-0.39, 0.29) is 0 Å². The highest BCUT2D eigenvalue weighted by Gasteiger charge is 2.05. The maximum atomic E-state index is 6.05. The van der Waals surface area contributed by atoms with Crippen molar-refractivity contribution in [3.63, 3.8) is 0 Å². The summed E-state index contributed by atoms with van der Waals surface area (Å²) in [5.74, 6) is 1.13.